The van der Waals surface area contributed by atoms with Crippen molar-refractivity contribution in [2.24, 2.45) is 0 Å². The second-order valence-electron chi connectivity index (χ2n) is 5.02. The number of nitrogens with zero attached hydrogens (tertiary/aromatic N) is 2. The number of likely N-dealkylation sites (N-methyl/N-ethyl adjacent to an activating group) is 1. The van der Waals surface area contributed by atoms with Gasteiger partial charge in [0, 0.05) is 50.6 Å². The largest absolute Gasteiger partial charge is 0.496 e. The van der Waals surface area contributed by atoms with Crippen molar-refractivity contribution in [2.75, 3.05) is 47.5 Å². The zero-order valence-electron chi connectivity index (χ0n) is 13.3. The molecular formula is C15H27N3O2. The zero-order valence-corrected chi connectivity index (χ0v) is 13.3. The van der Waals surface area contributed by atoms with E-state index < -0.39 is 0 Å². The van der Waals surface area contributed by atoms with Crippen LogP contribution in [0.5, 0.6) is 5.75 Å². The first-order valence-corrected chi connectivity index (χ1v) is 6.97. The van der Waals surface area contributed by atoms with Gasteiger partial charge in [-0.25, -0.2) is 0 Å². The molecule has 0 aliphatic heterocycles. The molecule has 0 aliphatic rings. The number of pyridine rings is 1. The fourth-order valence-corrected chi connectivity index (χ4v) is 2.08. The van der Waals surface area contributed by atoms with Crippen LogP contribution in [-0.2, 0) is 11.3 Å². The minimum Gasteiger partial charge on any atom is -0.496 e. The summed E-state index contributed by atoms with van der Waals surface area (Å²) in [5, 5.41) is 3.42. The van der Waals surface area contributed by atoms with Crippen LogP contribution in [0, 0.1) is 13.8 Å². The van der Waals surface area contributed by atoms with Gasteiger partial charge in [-0.2, -0.15) is 0 Å². The smallest absolute Gasteiger partial charge is 0.128 e. The van der Waals surface area contributed by atoms with E-state index in [2.05, 4.69) is 29.2 Å². The van der Waals surface area contributed by atoms with Gasteiger partial charge >= 0.3 is 0 Å². The molecule has 5 heteroatoms. The van der Waals surface area contributed by atoms with E-state index in [-0.39, 0.29) is 0 Å². The molecular weight excluding hydrogens is 254 g/mol. The molecule has 20 heavy (non-hydrogen) atoms. The number of aryl methyl sites for hydroxylation is 1. The molecule has 0 saturated carbocycles. The summed E-state index contributed by atoms with van der Waals surface area (Å²) in [6, 6.07) is 0. The van der Waals surface area contributed by atoms with Gasteiger partial charge in [0.05, 0.1) is 19.4 Å². The SMILES string of the molecule is COCCN(C)CCNCc1ncc(C)c(OC)c1C. The monoisotopic (exact) mass is 281 g/mol. The predicted molar refractivity (Wildman–Crippen MR) is 81.3 cm³/mol. The van der Waals surface area contributed by atoms with E-state index in [9.17, 15) is 0 Å². The Morgan fingerprint density at radius 3 is 2.65 bits per heavy atom. The molecule has 0 amide bonds. The van der Waals surface area contributed by atoms with Gasteiger partial charge in [-0.3, -0.25) is 4.98 Å². The van der Waals surface area contributed by atoms with E-state index in [0.717, 1.165) is 55.4 Å². The molecule has 1 aromatic heterocycles. The average Bonchev–Trinajstić information content (AvgIpc) is 2.44. The standard InChI is InChI=1S/C15H27N3O2/c1-12-10-17-14(13(2)15(12)20-5)11-16-6-7-18(3)8-9-19-4/h10,16H,6-9,11H2,1-5H3. The second kappa shape index (κ2) is 8.89. The van der Waals surface area contributed by atoms with E-state index >= 15 is 0 Å². The van der Waals surface area contributed by atoms with E-state index in [0.29, 0.717) is 0 Å². The van der Waals surface area contributed by atoms with Crippen molar-refractivity contribution in [2.45, 2.75) is 20.4 Å². The number of hydrogen-bond acceptors (Lipinski definition) is 5. The summed E-state index contributed by atoms with van der Waals surface area (Å²) in [4.78, 5) is 6.72. The van der Waals surface area contributed by atoms with Gasteiger partial charge in [-0.1, -0.05) is 0 Å². The molecule has 0 unspecified atom stereocenters. The highest BCUT2D eigenvalue weighted by Gasteiger charge is 2.08. The average molecular weight is 281 g/mol. The Bertz CT molecular complexity index is 410. The van der Waals surface area contributed by atoms with Crippen molar-refractivity contribution < 1.29 is 9.47 Å². The molecule has 0 radical (unpaired) electrons. The molecule has 0 saturated heterocycles. The lowest BCUT2D eigenvalue weighted by molar-refractivity contribution is 0.161. The first kappa shape index (κ1) is 16.9. The summed E-state index contributed by atoms with van der Waals surface area (Å²) in [6.45, 7) is 8.48. The third kappa shape index (κ3) is 5.07. The maximum absolute atomic E-state index is 5.42. The maximum Gasteiger partial charge on any atom is 0.128 e. The van der Waals surface area contributed by atoms with Gasteiger partial charge in [0.15, 0.2) is 0 Å². The first-order valence-electron chi connectivity index (χ1n) is 6.97. The van der Waals surface area contributed by atoms with Crippen LogP contribution in [0.3, 0.4) is 0 Å². The number of methoxy groups -OCH3 is 2. The van der Waals surface area contributed by atoms with Gasteiger partial charge < -0.3 is 19.7 Å². The van der Waals surface area contributed by atoms with Gasteiger partial charge in [0.2, 0.25) is 0 Å². The van der Waals surface area contributed by atoms with Crippen LogP contribution in [0.2, 0.25) is 0 Å². The highest BCUT2D eigenvalue weighted by Crippen LogP contribution is 2.23. The van der Waals surface area contributed by atoms with Gasteiger partial charge in [0.25, 0.3) is 0 Å². The van der Waals surface area contributed by atoms with Gasteiger partial charge in [-0.15, -0.1) is 0 Å². The van der Waals surface area contributed by atoms with Crippen molar-refractivity contribution in [1.82, 2.24) is 15.2 Å². The lowest BCUT2D eigenvalue weighted by Crippen LogP contribution is -2.31. The van der Waals surface area contributed by atoms with Crippen molar-refractivity contribution in [3.05, 3.63) is 23.0 Å². The van der Waals surface area contributed by atoms with Gasteiger partial charge in [-0.05, 0) is 20.9 Å². The van der Waals surface area contributed by atoms with Crippen LogP contribution in [0.15, 0.2) is 6.20 Å². The minimum atomic E-state index is 0.764. The third-order valence-corrected chi connectivity index (χ3v) is 3.39. The van der Waals surface area contributed by atoms with Crippen LogP contribution in [0.1, 0.15) is 16.8 Å². The normalized spacial score (nSPS) is 11.1. The highest BCUT2D eigenvalue weighted by atomic mass is 16.5. The number of rotatable bonds is 9. The zero-order chi connectivity index (χ0) is 15.0. The molecule has 1 aromatic rings. The molecule has 5 nitrogen and oxygen atoms in total. The van der Waals surface area contributed by atoms with Gasteiger partial charge in [0.1, 0.15) is 5.75 Å². The Kier molecular flexibility index (Phi) is 7.51. The van der Waals surface area contributed by atoms with Crippen molar-refractivity contribution in [1.29, 1.82) is 0 Å². The van der Waals surface area contributed by atoms with E-state index in [1.807, 2.05) is 13.1 Å². The van der Waals surface area contributed by atoms with Crippen LogP contribution < -0.4 is 10.1 Å². The highest BCUT2D eigenvalue weighted by molar-refractivity contribution is 5.40. The Labute approximate surface area is 122 Å². The lowest BCUT2D eigenvalue weighted by atomic mass is 10.1. The van der Waals surface area contributed by atoms with Crippen molar-refractivity contribution in [3.8, 4) is 5.75 Å². The number of ether oxygens (including phenoxy) is 2. The molecule has 1 rings (SSSR count). The Morgan fingerprint density at radius 2 is 2.00 bits per heavy atom. The predicted octanol–water partition coefficient (Wildman–Crippen LogP) is 1.37. The summed E-state index contributed by atoms with van der Waals surface area (Å²) in [6.07, 6.45) is 1.87. The molecule has 0 spiro atoms. The molecule has 0 atom stereocenters. The van der Waals surface area contributed by atoms with Crippen LogP contribution in [0.4, 0.5) is 0 Å². The Balaban J connectivity index is 2.39. The summed E-state index contributed by atoms with van der Waals surface area (Å²) in [5.41, 5.74) is 3.24. The Hall–Kier alpha value is -1.17. The van der Waals surface area contributed by atoms with E-state index in [4.69, 9.17) is 9.47 Å². The van der Waals surface area contributed by atoms with E-state index in [1.165, 1.54) is 0 Å². The molecule has 0 aromatic carbocycles. The van der Waals surface area contributed by atoms with E-state index in [1.54, 1.807) is 14.2 Å². The number of aromatic nitrogens is 1. The summed E-state index contributed by atoms with van der Waals surface area (Å²) >= 11 is 0. The molecule has 1 N–H and O–H groups in total. The topological polar surface area (TPSA) is 46.6 Å². The number of nitrogens with one attached hydrogen (secondary N) is 1. The summed E-state index contributed by atoms with van der Waals surface area (Å²) < 4.78 is 10.5. The number of hydrogen-bond donors (Lipinski definition) is 1. The molecule has 1 heterocycles. The molecule has 0 fully saturated rings. The Morgan fingerprint density at radius 1 is 1.25 bits per heavy atom. The van der Waals surface area contributed by atoms with Crippen molar-refractivity contribution >= 4 is 0 Å². The van der Waals surface area contributed by atoms with Crippen LogP contribution in [-0.4, -0.2) is 57.4 Å². The minimum absolute atomic E-state index is 0.764. The second-order valence-corrected chi connectivity index (χ2v) is 5.02. The van der Waals surface area contributed by atoms with Crippen LogP contribution in [0.25, 0.3) is 0 Å². The maximum atomic E-state index is 5.42. The first-order chi connectivity index (χ1) is 9.60. The third-order valence-electron chi connectivity index (χ3n) is 3.39. The van der Waals surface area contributed by atoms with Crippen LogP contribution >= 0.6 is 0 Å². The summed E-state index contributed by atoms with van der Waals surface area (Å²) in [5.74, 6) is 0.939. The summed E-state index contributed by atoms with van der Waals surface area (Å²) in [7, 11) is 5.53. The van der Waals surface area contributed by atoms with Crippen molar-refractivity contribution in [3.63, 3.8) is 0 Å². The molecule has 0 aliphatic carbocycles. The lowest BCUT2D eigenvalue weighted by Gasteiger charge is -2.17. The molecule has 114 valence electrons. The fourth-order valence-electron chi connectivity index (χ4n) is 2.08. The quantitative estimate of drug-likeness (QED) is 0.693. The molecule has 0 bridgehead atoms. The fraction of sp³-hybridized carbons (Fsp3) is 0.667.